The predicted molar refractivity (Wildman–Crippen MR) is 40.4 cm³/mol. The largest absolute Gasteiger partial charge is 0.478 e. The number of hydrogen-bond acceptors (Lipinski definition) is 2. The molecule has 64 valence electrons. The van der Waals surface area contributed by atoms with Gasteiger partial charge in [0.1, 0.15) is 0 Å². The number of benzene rings is 1. The number of hydrogen-bond donors (Lipinski definition) is 2. The zero-order chi connectivity index (χ0) is 9.14. The maximum Gasteiger partial charge on any atom is 0.335 e. The van der Waals surface area contributed by atoms with Crippen molar-refractivity contribution in [3.63, 3.8) is 0 Å². The molecule has 0 unspecified atom stereocenters. The number of carboxylic acids is 2. The molecule has 0 saturated carbocycles. The molecule has 2 N–H and O–H groups in total. The smallest absolute Gasteiger partial charge is 0.335 e. The van der Waals surface area contributed by atoms with Crippen LogP contribution in [0, 0.1) is 0 Å². The molecule has 0 aliphatic heterocycles. The van der Waals surface area contributed by atoms with E-state index < -0.39 is 11.9 Å². The number of carboxylic acid groups (broad SMARTS) is 2. The Balaban J connectivity index is 0.00000144. The van der Waals surface area contributed by atoms with Gasteiger partial charge in [-0.1, -0.05) is 0 Å². The van der Waals surface area contributed by atoms with Gasteiger partial charge in [0.05, 0.1) is 11.1 Å². The maximum atomic E-state index is 10.3. The molecule has 4 nitrogen and oxygen atoms in total. The molecular weight excluding hydrogens is 361 g/mol. The molecule has 0 saturated heterocycles. The van der Waals surface area contributed by atoms with Crippen molar-refractivity contribution in [2.45, 2.75) is 0 Å². The van der Waals surface area contributed by atoms with Crippen molar-refractivity contribution >= 4 is 11.9 Å². The second-order valence-electron chi connectivity index (χ2n) is 2.19. The third-order valence-corrected chi connectivity index (χ3v) is 1.38. The minimum atomic E-state index is -1.06. The zero-order valence-electron chi connectivity index (χ0n) is 6.73. The second kappa shape index (κ2) is 4.96. The molecule has 0 aromatic heterocycles. The molecular formula is C8H6HgO4. The van der Waals surface area contributed by atoms with E-state index in [1.165, 1.54) is 24.3 Å². The van der Waals surface area contributed by atoms with Gasteiger partial charge in [0.15, 0.2) is 0 Å². The van der Waals surface area contributed by atoms with Gasteiger partial charge in [0, 0.05) is 27.7 Å². The van der Waals surface area contributed by atoms with Gasteiger partial charge < -0.3 is 10.2 Å². The third kappa shape index (κ3) is 3.14. The van der Waals surface area contributed by atoms with Crippen LogP contribution in [0.5, 0.6) is 0 Å². The summed E-state index contributed by atoms with van der Waals surface area (Å²) in [6, 6.07) is 5.02. The van der Waals surface area contributed by atoms with Crippen molar-refractivity contribution < 1.29 is 47.5 Å². The normalized spacial score (nSPS) is 8.62. The Hall–Kier alpha value is -0.905. The van der Waals surface area contributed by atoms with Crippen LogP contribution in [0.1, 0.15) is 20.7 Å². The van der Waals surface area contributed by atoms with Crippen LogP contribution in [0.3, 0.4) is 0 Å². The summed E-state index contributed by atoms with van der Waals surface area (Å²) in [4.78, 5) is 20.7. The summed E-state index contributed by atoms with van der Waals surface area (Å²) < 4.78 is 0. The molecule has 0 atom stereocenters. The van der Waals surface area contributed by atoms with Gasteiger partial charge in [0.25, 0.3) is 0 Å². The van der Waals surface area contributed by atoms with Crippen molar-refractivity contribution in [2.75, 3.05) is 0 Å². The fourth-order valence-corrected chi connectivity index (χ4v) is 0.755. The first kappa shape index (κ1) is 12.1. The van der Waals surface area contributed by atoms with Crippen molar-refractivity contribution in [3.05, 3.63) is 35.4 Å². The van der Waals surface area contributed by atoms with E-state index in [4.69, 9.17) is 10.2 Å². The maximum absolute atomic E-state index is 10.3. The van der Waals surface area contributed by atoms with E-state index in [2.05, 4.69) is 0 Å². The van der Waals surface area contributed by atoms with E-state index in [9.17, 15) is 9.59 Å². The van der Waals surface area contributed by atoms with Crippen LogP contribution in [0.2, 0.25) is 0 Å². The summed E-state index contributed by atoms with van der Waals surface area (Å²) in [6.07, 6.45) is 0. The van der Waals surface area contributed by atoms with Crippen LogP contribution in [-0.2, 0) is 27.7 Å². The van der Waals surface area contributed by atoms with E-state index in [0.29, 0.717) is 0 Å². The predicted octanol–water partition coefficient (Wildman–Crippen LogP) is 1.08. The van der Waals surface area contributed by atoms with Gasteiger partial charge in [-0.25, -0.2) is 9.59 Å². The Kier molecular flexibility index (Phi) is 4.62. The van der Waals surface area contributed by atoms with Gasteiger partial charge in [-0.3, -0.25) is 0 Å². The molecule has 0 amide bonds. The molecule has 0 heterocycles. The van der Waals surface area contributed by atoms with Crippen molar-refractivity contribution in [1.29, 1.82) is 0 Å². The first-order chi connectivity index (χ1) is 5.61. The van der Waals surface area contributed by atoms with Gasteiger partial charge in [-0.15, -0.1) is 0 Å². The van der Waals surface area contributed by atoms with Crippen molar-refractivity contribution in [2.24, 2.45) is 0 Å². The van der Waals surface area contributed by atoms with Crippen LogP contribution in [0.15, 0.2) is 24.3 Å². The van der Waals surface area contributed by atoms with E-state index in [1.54, 1.807) is 0 Å². The van der Waals surface area contributed by atoms with Crippen molar-refractivity contribution in [3.8, 4) is 0 Å². The number of aromatic carboxylic acids is 2. The molecule has 1 aromatic rings. The minimum Gasteiger partial charge on any atom is -0.478 e. The number of carbonyl (C=O) groups is 2. The Bertz CT molecular complexity index is 284. The average Bonchev–Trinajstić information content (AvgIpc) is 2.04. The minimum absolute atomic E-state index is 0. The molecule has 0 aliphatic rings. The standard InChI is InChI=1S/C8H6O4.Hg/c9-7(10)5-1-2-6(4-3-5)8(11)12;/h1-4H,(H,9,10)(H,11,12);. The van der Waals surface area contributed by atoms with E-state index >= 15 is 0 Å². The summed E-state index contributed by atoms with van der Waals surface area (Å²) >= 11 is 0. The summed E-state index contributed by atoms with van der Waals surface area (Å²) in [5.41, 5.74) is 0.167. The monoisotopic (exact) mass is 368 g/mol. The number of rotatable bonds is 2. The van der Waals surface area contributed by atoms with Crippen molar-refractivity contribution in [1.82, 2.24) is 0 Å². The first-order valence-corrected chi connectivity index (χ1v) is 3.18. The fourth-order valence-electron chi connectivity index (χ4n) is 0.755. The molecule has 0 bridgehead atoms. The zero-order valence-corrected chi connectivity index (χ0v) is 12.2. The summed E-state index contributed by atoms with van der Waals surface area (Å²) in [7, 11) is 0. The Morgan fingerprint density at radius 3 is 1.23 bits per heavy atom. The van der Waals surface area contributed by atoms with Gasteiger partial charge >= 0.3 is 11.9 Å². The molecule has 1 rings (SSSR count). The fraction of sp³-hybridized carbons (Fsp3) is 0. The van der Waals surface area contributed by atoms with Crippen LogP contribution in [0.4, 0.5) is 0 Å². The topological polar surface area (TPSA) is 74.6 Å². The summed E-state index contributed by atoms with van der Waals surface area (Å²) in [5.74, 6) is -2.13. The van der Waals surface area contributed by atoms with Gasteiger partial charge in [0.2, 0.25) is 0 Å². The molecule has 5 heteroatoms. The molecule has 0 spiro atoms. The van der Waals surface area contributed by atoms with Crippen LogP contribution in [0.25, 0.3) is 0 Å². The molecule has 13 heavy (non-hydrogen) atoms. The Morgan fingerprint density at radius 2 is 1.08 bits per heavy atom. The van der Waals surface area contributed by atoms with Crippen LogP contribution < -0.4 is 0 Å². The molecule has 0 radical (unpaired) electrons. The van der Waals surface area contributed by atoms with Gasteiger partial charge in [-0.2, -0.15) is 0 Å². The Labute approximate surface area is 94.7 Å². The quantitative estimate of drug-likeness (QED) is 0.768. The first-order valence-electron chi connectivity index (χ1n) is 3.18. The third-order valence-electron chi connectivity index (χ3n) is 1.38. The van der Waals surface area contributed by atoms with E-state index in [-0.39, 0.29) is 38.8 Å². The van der Waals surface area contributed by atoms with Gasteiger partial charge in [-0.05, 0) is 24.3 Å². The Morgan fingerprint density at radius 1 is 0.846 bits per heavy atom. The van der Waals surface area contributed by atoms with Crippen LogP contribution in [-0.4, -0.2) is 22.2 Å². The summed E-state index contributed by atoms with van der Waals surface area (Å²) in [6.45, 7) is 0. The SMILES string of the molecule is O=C(O)c1ccc(C(=O)O)cc1.[Hg]. The van der Waals surface area contributed by atoms with E-state index in [0.717, 1.165) is 0 Å². The summed E-state index contributed by atoms with van der Waals surface area (Å²) in [5, 5.41) is 16.9. The second-order valence-corrected chi connectivity index (χ2v) is 2.19. The van der Waals surface area contributed by atoms with Crippen LogP contribution >= 0.6 is 0 Å². The molecule has 1 aromatic carbocycles. The van der Waals surface area contributed by atoms with E-state index in [1.807, 2.05) is 0 Å². The molecule has 0 aliphatic carbocycles. The average molecular weight is 367 g/mol. The molecule has 0 fully saturated rings.